The second-order valence-electron chi connectivity index (χ2n) is 2.39. The van der Waals surface area contributed by atoms with E-state index in [1.54, 1.807) is 12.4 Å². The van der Waals surface area contributed by atoms with E-state index >= 15 is 0 Å². The highest BCUT2D eigenvalue weighted by Crippen LogP contribution is 2.20. The molecule has 0 bridgehead atoms. The molecule has 3 heteroatoms. The molecule has 0 aromatic carbocycles. The van der Waals surface area contributed by atoms with Crippen LogP contribution < -0.4 is 5.32 Å². The summed E-state index contributed by atoms with van der Waals surface area (Å²) >= 11 is 3.36. The minimum atomic E-state index is 0.0312. The molecule has 0 aliphatic heterocycles. The SMILES string of the molecule is C#CC(C)Nc1ccncc1Br. The largest absolute Gasteiger partial charge is 0.371 e. The predicted molar refractivity (Wildman–Crippen MR) is 53.9 cm³/mol. The van der Waals surface area contributed by atoms with E-state index in [0.29, 0.717) is 0 Å². The van der Waals surface area contributed by atoms with Crippen molar-refractivity contribution in [2.45, 2.75) is 13.0 Å². The maximum absolute atomic E-state index is 5.23. The molecule has 1 aromatic rings. The number of aromatic nitrogens is 1. The zero-order valence-electron chi connectivity index (χ0n) is 6.71. The molecule has 1 heterocycles. The molecule has 0 fully saturated rings. The van der Waals surface area contributed by atoms with Gasteiger partial charge in [-0.2, -0.15) is 0 Å². The van der Waals surface area contributed by atoms with Crippen LogP contribution in [-0.2, 0) is 0 Å². The highest BCUT2D eigenvalue weighted by molar-refractivity contribution is 9.10. The maximum atomic E-state index is 5.23. The van der Waals surface area contributed by atoms with Crippen LogP contribution >= 0.6 is 15.9 Å². The molecule has 62 valence electrons. The Morgan fingerprint density at radius 3 is 3.08 bits per heavy atom. The summed E-state index contributed by atoms with van der Waals surface area (Å²) in [5.74, 6) is 2.59. The van der Waals surface area contributed by atoms with Gasteiger partial charge in [-0.25, -0.2) is 0 Å². The third-order valence-electron chi connectivity index (χ3n) is 1.39. The molecule has 0 aliphatic carbocycles. The second kappa shape index (κ2) is 4.13. The number of nitrogens with one attached hydrogen (secondary N) is 1. The van der Waals surface area contributed by atoms with E-state index in [2.05, 4.69) is 32.2 Å². The summed E-state index contributed by atoms with van der Waals surface area (Å²) in [6, 6.07) is 1.90. The first-order chi connectivity index (χ1) is 5.74. The Balaban J connectivity index is 2.77. The first kappa shape index (κ1) is 9.08. The molecule has 0 spiro atoms. The molecule has 1 aromatic heterocycles. The van der Waals surface area contributed by atoms with Gasteiger partial charge in [0, 0.05) is 12.4 Å². The predicted octanol–water partition coefficient (Wildman–Crippen LogP) is 2.28. The van der Waals surface area contributed by atoms with Crippen molar-refractivity contribution in [3.05, 3.63) is 22.9 Å². The van der Waals surface area contributed by atoms with Crippen LogP contribution in [0.15, 0.2) is 22.9 Å². The standard InChI is InChI=1S/C9H9BrN2/c1-3-7(2)12-9-4-5-11-6-8(9)10/h1,4-7H,2H3,(H,11,12). The van der Waals surface area contributed by atoms with Crippen molar-refractivity contribution < 1.29 is 0 Å². The van der Waals surface area contributed by atoms with E-state index < -0.39 is 0 Å². The first-order valence-corrected chi connectivity index (χ1v) is 4.35. The highest BCUT2D eigenvalue weighted by Gasteiger charge is 2.00. The summed E-state index contributed by atoms with van der Waals surface area (Å²) in [5.41, 5.74) is 0.968. The zero-order chi connectivity index (χ0) is 8.97. The van der Waals surface area contributed by atoms with Crippen LogP contribution in [0.3, 0.4) is 0 Å². The summed E-state index contributed by atoms with van der Waals surface area (Å²) in [6.45, 7) is 1.92. The summed E-state index contributed by atoms with van der Waals surface area (Å²) in [6.07, 6.45) is 8.67. The fourth-order valence-corrected chi connectivity index (χ4v) is 1.13. The van der Waals surface area contributed by atoms with Crippen LogP contribution in [0.2, 0.25) is 0 Å². The Bertz CT molecular complexity index is 304. The van der Waals surface area contributed by atoms with Gasteiger partial charge in [-0.1, -0.05) is 5.92 Å². The molecule has 12 heavy (non-hydrogen) atoms. The minimum absolute atomic E-state index is 0.0312. The van der Waals surface area contributed by atoms with Gasteiger partial charge in [0.15, 0.2) is 0 Å². The summed E-state index contributed by atoms with van der Waals surface area (Å²) in [7, 11) is 0. The lowest BCUT2D eigenvalue weighted by molar-refractivity contribution is 1.03. The normalized spacial score (nSPS) is 11.8. The second-order valence-corrected chi connectivity index (χ2v) is 3.24. The molecule has 1 unspecified atom stereocenters. The van der Waals surface area contributed by atoms with Gasteiger partial charge in [0.05, 0.1) is 16.2 Å². The Morgan fingerprint density at radius 1 is 1.75 bits per heavy atom. The number of hydrogen-bond donors (Lipinski definition) is 1. The summed E-state index contributed by atoms with van der Waals surface area (Å²) in [4.78, 5) is 3.94. The number of halogens is 1. The van der Waals surface area contributed by atoms with E-state index in [-0.39, 0.29) is 6.04 Å². The fourth-order valence-electron chi connectivity index (χ4n) is 0.767. The van der Waals surface area contributed by atoms with Crippen LogP contribution in [-0.4, -0.2) is 11.0 Å². The Morgan fingerprint density at radius 2 is 2.50 bits per heavy atom. The Labute approximate surface area is 80.5 Å². The van der Waals surface area contributed by atoms with E-state index in [9.17, 15) is 0 Å². The average Bonchev–Trinajstić information content (AvgIpc) is 2.09. The van der Waals surface area contributed by atoms with E-state index in [1.165, 1.54) is 0 Å². The summed E-state index contributed by atoms with van der Waals surface area (Å²) in [5, 5.41) is 3.14. The van der Waals surface area contributed by atoms with Gasteiger partial charge >= 0.3 is 0 Å². The van der Waals surface area contributed by atoms with Gasteiger partial charge in [0.2, 0.25) is 0 Å². The van der Waals surface area contributed by atoms with Crippen LogP contribution in [0, 0.1) is 12.3 Å². The van der Waals surface area contributed by atoms with Crippen molar-refractivity contribution in [2.24, 2.45) is 0 Å². The van der Waals surface area contributed by atoms with Gasteiger partial charge in [-0.15, -0.1) is 6.42 Å². The topological polar surface area (TPSA) is 24.9 Å². The molecule has 1 rings (SSSR count). The fraction of sp³-hybridized carbons (Fsp3) is 0.222. The third kappa shape index (κ3) is 2.24. The van der Waals surface area contributed by atoms with Crippen molar-refractivity contribution >= 4 is 21.6 Å². The van der Waals surface area contributed by atoms with E-state index in [0.717, 1.165) is 10.2 Å². The average molecular weight is 225 g/mol. The minimum Gasteiger partial charge on any atom is -0.371 e. The maximum Gasteiger partial charge on any atom is 0.0846 e. The molecule has 0 amide bonds. The van der Waals surface area contributed by atoms with Crippen LogP contribution in [0.25, 0.3) is 0 Å². The van der Waals surface area contributed by atoms with Crippen LogP contribution in [0.4, 0.5) is 5.69 Å². The lowest BCUT2D eigenvalue weighted by Gasteiger charge is -2.09. The lowest BCUT2D eigenvalue weighted by atomic mass is 10.3. The van der Waals surface area contributed by atoms with Crippen LogP contribution in [0.1, 0.15) is 6.92 Å². The van der Waals surface area contributed by atoms with Gasteiger partial charge in [-0.05, 0) is 28.9 Å². The number of anilines is 1. The quantitative estimate of drug-likeness (QED) is 0.781. The Hall–Kier alpha value is -1.01. The number of rotatable bonds is 2. The zero-order valence-corrected chi connectivity index (χ0v) is 8.30. The van der Waals surface area contributed by atoms with Crippen molar-refractivity contribution in [3.63, 3.8) is 0 Å². The Kier molecular flexibility index (Phi) is 3.12. The summed E-state index contributed by atoms with van der Waals surface area (Å²) < 4.78 is 0.923. The monoisotopic (exact) mass is 224 g/mol. The molecular weight excluding hydrogens is 216 g/mol. The number of pyridine rings is 1. The number of terminal acetylenes is 1. The van der Waals surface area contributed by atoms with Crippen LogP contribution in [0.5, 0.6) is 0 Å². The van der Waals surface area contributed by atoms with Crippen molar-refractivity contribution in [3.8, 4) is 12.3 Å². The van der Waals surface area contributed by atoms with Gasteiger partial charge in [0.1, 0.15) is 0 Å². The van der Waals surface area contributed by atoms with Crippen molar-refractivity contribution in [1.29, 1.82) is 0 Å². The van der Waals surface area contributed by atoms with E-state index in [1.807, 2.05) is 13.0 Å². The van der Waals surface area contributed by atoms with E-state index in [4.69, 9.17) is 6.42 Å². The smallest absolute Gasteiger partial charge is 0.0846 e. The molecule has 0 radical (unpaired) electrons. The third-order valence-corrected chi connectivity index (χ3v) is 2.03. The van der Waals surface area contributed by atoms with Gasteiger partial charge in [-0.3, -0.25) is 4.98 Å². The number of nitrogens with zero attached hydrogens (tertiary/aromatic N) is 1. The van der Waals surface area contributed by atoms with Gasteiger partial charge < -0.3 is 5.32 Å². The first-order valence-electron chi connectivity index (χ1n) is 3.56. The molecule has 0 saturated carbocycles. The molecule has 1 N–H and O–H groups in total. The highest BCUT2D eigenvalue weighted by atomic mass is 79.9. The number of hydrogen-bond acceptors (Lipinski definition) is 2. The lowest BCUT2D eigenvalue weighted by Crippen LogP contribution is -2.12. The molecule has 2 nitrogen and oxygen atoms in total. The molecule has 0 saturated heterocycles. The van der Waals surface area contributed by atoms with Crippen molar-refractivity contribution in [2.75, 3.05) is 5.32 Å². The molecule has 1 atom stereocenters. The van der Waals surface area contributed by atoms with Gasteiger partial charge in [0.25, 0.3) is 0 Å². The molecular formula is C9H9BrN2. The molecule has 0 aliphatic rings. The van der Waals surface area contributed by atoms with Crippen molar-refractivity contribution in [1.82, 2.24) is 4.98 Å².